The monoisotopic (exact) mass is 345 g/mol. The Bertz CT molecular complexity index is 467. The van der Waals surface area contributed by atoms with E-state index in [2.05, 4.69) is 26.9 Å². The standard InChI is InChI=1S/C14H17BrClNO2/c15-12-3-1-11(7-13(12)16)9-17-6-5-10(8-17)2-4-14(18)19/h1,3,7,10H,2,4-6,8-9H2,(H,18,19). The summed E-state index contributed by atoms with van der Waals surface area (Å²) in [7, 11) is 0. The minimum atomic E-state index is -0.696. The molecule has 0 aromatic heterocycles. The van der Waals surface area contributed by atoms with Gasteiger partial charge in [-0.1, -0.05) is 17.7 Å². The fourth-order valence-corrected chi connectivity index (χ4v) is 2.97. The van der Waals surface area contributed by atoms with Crippen LogP contribution in [0, 0.1) is 5.92 Å². The second-order valence-electron chi connectivity index (χ2n) is 5.07. The summed E-state index contributed by atoms with van der Waals surface area (Å²) in [6, 6.07) is 6.02. The predicted octanol–water partition coefficient (Wildman–Crippen LogP) is 3.79. The van der Waals surface area contributed by atoms with Gasteiger partial charge in [-0.25, -0.2) is 0 Å². The number of hydrogen-bond acceptors (Lipinski definition) is 2. The Balaban J connectivity index is 1.84. The Labute approximate surface area is 126 Å². The normalized spacial score (nSPS) is 19.8. The molecule has 1 heterocycles. The highest BCUT2D eigenvalue weighted by Gasteiger charge is 2.22. The minimum absolute atomic E-state index is 0.280. The number of carboxylic acids is 1. The third kappa shape index (κ3) is 4.48. The van der Waals surface area contributed by atoms with Crippen LogP contribution >= 0.6 is 27.5 Å². The van der Waals surface area contributed by atoms with E-state index >= 15 is 0 Å². The van der Waals surface area contributed by atoms with Crippen molar-refractivity contribution in [3.8, 4) is 0 Å². The molecule has 1 unspecified atom stereocenters. The van der Waals surface area contributed by atoms with Gasteiger partial charge in [0.2, 0.25) is 0 Å². The molecule has 0 amide bonds. The van der Waals surface area contributed by atoms with Crippen LogP contribution in [-0.4, -0.2) is 29.1 Å². The van der Waals surface area contributed by atoms with Gasteiger partial charge in [-0.3, -0.25) is 9.69 Å². The molecular weight excluding hydrogens is 330 g/mol. The summed E-state index contributed by atoms with van der Waals surface area (Å²) in [5.74, 6) is -0.180. The Morgan fingerprint density at radius 1 is 1.53 bits per heavy atom. The molecule has 2 rings (SSSR count). The largest absolute Gasteiger partial charge is 0.481 e. The molecule has 0 spiro atoms. The number of carboxylic acid groups (broad SMARTS) is 1. The topological polar surface area (TPSA) is 40.5 Å². The van der Waals surface area contributed by atoms with Gasteiger partial charge in [0.15, 0.2) is 0 Å². The smallest absolute Gasteiger partial charge is 0.303 e. The van der Waals surface area contributed by atoms with Crippen molar-refractivity contribution < 1.29 is 9.90 Å². The lowest BCUT2D eigenvalue weighted by molar-refractivity contribution is -0.137. The summed E-state index contributed by atoms with van der Waals surface area (Å²) < 4.78 is 0.915. The average molecular weight is 347 g/mol. The average Bonchev–Trinajstić information content (AvgIpc) is 2.79. The number of halogens is 2. The van der Waals surface area contributed by atoms with Crippen LogP contribution in [0.25, 0.3) is 0 Å². The Morgan fingerprint density at radius 2 is 2.32 bits per heavy atom. The number of carbonyl (C=O) groups is 1. The lowest BCUT2D eigenvalue weighted by atomic mass is 10.0. The minimum Gasteiger partial charge on any atom is -0.481 e. The second kappa shape index (κ2) is 6.73. The van der Waals surface area contributed by atoms with Crippen LogP contribution < -0.4 is 0 Å². The van der Waals surface area contributed by atoms with Crippen LogP contribution in [0.5, 0.6) is 0 Å². The summed E-state index contributed by atoms with van der Waals surface area (Å²) in [6.07, 6.45) is 2.16. The lowest BCUT2D eigenvalue weighted by Gasteiger charge is -2.16. The lowest BCUT2D eigenvalue weighted by Crippen LogP contribution is -2.20. The highest BCUT2D eigenvalue weighted by molar-refractivity contribution is 9.10. The molecule has 1 fully saturated rings. The van der Waals surface area contributed by atoms with Crippen molar-refractivity contribution in [3.63, 3.8) is 0 Å². The number of aliphatic carboxylic acids is 1. The fraction of sp³-hybridized carbons (Fsp3) is 0.500. The van der Waals surface area contributed by atoms with Gasteiger partial charge in [0.1, 0.15) is 0 Å². The fourth-order valence-electron chi connectivity index (χ4n) is 2.52. The zero-order chi connectivity index (χ0) is 13.8. The molecule has 1 saturated heterocycles. The van der Waals surface area contributed by atoms with Gasteiger partial charge in [-0.2, -0.15) is 0 Å². The van der Waals surface area contributed by atoms with Crippen LogP contribution in [0.1, 0.15) is 24.8 Å². The molecule has 0 aliphatic carbocycles. The van der Waals surface area contributed by atoms with E-state index in [-0.39, 0.29) is 6.42 Å². The van der Waals surface area contributed by atoms with Crippen molar-refractivity contribution in [2.24, 2.45) is 5.92 Å². The molecule has 1 aliphatic heterocycles. The number of likely N-dealkylation sites (tertiary alicyclic amines) is 1. The molecule has 1 aromatic carbocycles. The van der Waals surface area contributed by atoms with Gasteiger partial charge in [-0.05, 0) is 58.9 Å². The van der Waals surface area contributed by atoms with Crippen molar-refractivity contribution >= 4 is 33.5 Å². The van der Waals surface area contributed by atoms with Crippen LogP contribution in [0.15, 0.2) is 22.7 Å². The molecule has 1 aliphatic rings. The Morgan fingerprint density at radius 3 is 3.00 bits per heavy atom. The van der Waals surface area contributed by atoms with Crippen LogP contribution in [0.3, 0.4) is 0 Å². The summed E-state index contributed by atoms with van der Waals surface area (Å²) in [5.41, 5.74) is 1.20. The van der Waals surface area contributed by atoms with E-state index < -0.39 is 5.97 Å². The summed E-state index contributed by atoms with van der Waals surface area (Å²) >= 11 is 9.47. The van der Waals surface area contributed by atoms with Crippen molar-refractivity contribution in [2.45, 2.75) is 25.8 Å². The van der Waals surface area contributed by atoms with Crippen molar-refractivity contribution in [1.82, 2.24) is 4.90 Å². The van der Waals surface area contributed by atoms with E-state index in [1.807, 2.05) is 12.1 Å². The Kier molecular flexibility index (Phi) is 5.25. The van der Waals surface area contributed by atoms with E-state index in [1.165, 1.54) is 5.56 Å². The molecule has 0 saturated carbocycles. The molecule has 1 atom stereocenters. The number of rotatable bonds is 5. The third-order valence-electron chi connectivity index (χ3n) is 3.53. The van der Waals surface area contributed by atoms with Crippen LogP contribution in [0.2, 0.25) is 5.02 Å². The molecule has 5 heteroatoms. The number of nitrogens with zero attached hydrogens (tertiary/aromatic N) is 1. The van der Waals surface area contributed by atoms with Gasteiger partial charge in [0, 0.05) is 24.0 Å². The molecule has 1 N–H and O–H groups in total. The van der Waals surface area contributed by atoms with Crippen molar-refractivity contribution in [3.05, 3.63) is 33.3 Å². The van der Waals surface area contributed by atoms with Crippen molar-refractivity contribution in [1.29, 1.82) is 0 Å². The van der Waals surface area contributed by atoms with Gasteiger partial charge >= 0.3 is 5.97 Å². The number of benzene rings is 1. The van der Waals surface area contributed by atoms with Crippen molar-refractivity contribution in [2.75, 3.05) is 13.1 Å². The molecular formula is C14H17BrClNO2. The van der Waals surface area contributed by atoms with Gasteiger partial charge in [0.05, 0.1) is 5.02 Å². The first kappa shape index (κ1) is 14.8. The zero-order valence-electron chi connectivity index (χ0n) is 10.6. The maximum absolute atomic E-state index is 10.6. The number of hydrogen-bond donors (Lipinski definition) is 1. The first-order valence-corrected chi connectivity index (χ1v) is 7.60. The third-order valence-corrected chi connectivity index (χ3v) is 4.76. The second-order valence-corrected chi connectivity index (χ2v) is 6.33. The maximum Gasteiger partial charge on any atom is 0.303 e. The quantitative estimate of drug-likeness (QED) is 0.882. The van der Waals surface area contributed by atoms with E-state index in [0.29, 0.717) is 5.92 Å². The predicted molar refractivity (Wildman–Crippen MR) is 79.4 cm³/mol. The SMILES string of the molecule is O=C(O)CCC1CCN(Cc2ccc(Br)c(Cl)c2)C1. The van der Waals surface area contributed by atoms with E-state index in [4.69, 9.17) is 16.7 Å². The van der Waals surface area contributed by atoms with E-state index in [1.54, 1.807) is 0 Å². The molecule has 104 valence electrons. The first-order chi connectivity index (χ1) is 9.04. The molecule has 0 radical (unpaired) electrons. The summed E-state index contributed by atoms with van der Waals surface area (Å²) in [6.45, 7) is 2.91. The molecule has 19 heavy (non-hydrogen) atoms. The zero-order valence-corrected chi connectivity index (χ0v) is 13.0. The molecule has 3 nitrogen and oxygen atoms in total. The summed E-state index contributed by atoms with van der Waals surface area (Å²) in [5, 5.41) is 9.43. The highest BCUT2D eigenvalue weighted by atomic mass is 79.9. The maximum atomic E-state index is 10.6. The van der Waals surface area contributed by atoms with Crippen LogP contribution in [0.4, 0.5) is 0 Å². The first-order valence-electron chi connectivity index (χ1n) is 6.42. The van der Waals surface area contributed by atoms with E-state index in [9.17, 15) is 4.79 Å². The van der Waals surface area contributed by atoms with Gasteiger partial charge in [0.25, 0.3) is 0 Å². The highest BCUT2D eigenvalue weighted by Crippen LogP contribution is 2.26. The van der Waals surface area contributed by atoms with Gasteiger partial charge < -0.3 is 5.11 Å². The van der Waals surface area contributed by atoms with Gasteiger partial charge in [-0.15, -0.1) is 0 Å². The van der Waals surface area contributed by atoms with E-state index in [0.717, 1.165) is 42.0 Å². The summed E-state index contributed by atoms with van der Waals surface area (Å²) in [4.78, 5) is 12.9. The Hall–Kier alpha value is -0.580. The molecule has 1 aromatic rings. The van der Waals surface area contributed by atoms with Crippen LogP contribution in [-0.2, 0) is 11.3 Å². The molecule has 0 bridgehead atoms.